The monoisotopic (exact) mass is 869 g/mol. The molecule has 4 nitrogen and oxygen atoms in total. The molecule has 4 aliphatic rings. The molecule has 0 saturated heterocycles. The van der Waals surface area contributed by atoms with Crippen molar-refractivity contribution in [1.82, 2.24) is 0 Å². The van der Waals surface area contributed by atoms with Crippen molar-refractivity contribution in [2.45, 2.75) is 162 Å². The zero-order chi connectivity index (χ0) is 45.5. The summed E-state index contributed by atoms with van der Waals surface area (Å²) in [6.07, 6.45) is 25.3. The molecule has 0 amide bonds. The van der Waals surface area contributed by atoms with Crippen molar-refractivity contribution in [3.05, 3.63) is 154 Å². The smallest absolute Gasteiger partial charge is 0.131 e. The molecular weight excluding hydrogens is 797 g/mol. The van der Waals surface area contributed by atoms with Gasteiger partial charge in [-0.25, -0.2) is 0 Å². The molecule has 8 rings (SSSR count). The fourth-order valence-electron chi connectivity index (χ4n) is 11.1. The van der Waals surface area contributed by atoms with Gasteiger partial charge in [0, 0.05) is 39.8 Å². The van der Waals surface area contributed by atoms with Gasteiger partial charge in [-0.1, -0.05) is 74.5 Å². The van der Waals surface area contributed by atoms with Crippen molar-refractivity contribution < 1.29 is 19.7 Å². The van der Waals surface area contributed by atoms with Gasteiger partial charge in [0.25, 0.3) is 0 Å². The molecule has 2 N–H and O–H groups in total. The maximum absolute atomic E-state index is 12.3. The molecule has 0 aliphatic heterocycles. The number of phenolic OH excluding ortho intramolecular Hbond substituents is 2. The van der Waals surface area contributed by atoms with E-state index in [9.17, 15) is 10.2 Å². The molecule has 0 radical (unpaired) electrons. The van der Waals surface area contributed by atoms with Crippen LogP contribution in [-0.2, 0) is 0 Å². The summed E-state index contributed by atoms with van der Waals surface area (Å²) in [4.78, 5) is 0. The molecule has 4 aliphatic carbocycles. The summed E-state index contributed by atoms with van der Waals surface area (Å²) < 4.78 is 13.6. The number of hydrogen-bond donors (Lipinski definition) is 2. The van der Waals surface area contributed by atoms with E-state index in [-0.39, 0.29) is 12.2 Å². The van der Waals surface area contributed by atoms with Crippen molar-refractivity contribution in [3.8, 4) is 45.3 Å². The van der Waals surface area contributed by atoms with Crippen LogP contribution >= 0.6 is 0 Å². The zero-order valence-electron chi connectivity index (χ0n) is 39.8. The van der Waals surface area contributed by atoms with Gasteiger partial charge < -0.3 is 19.7 Å². The Labute approximate surface area is 390 Å². The molecule has 65 heavy (non-hydrogen) atoms. The fourth-order valence-corrected chi connectivity index (χ4v) is 11.1. The molecule has 0 spiro atoms. The molecule has 4 heteroatoms. The second-order valence-electron chi connectivity index (χ2n) is 19.5. The van der Waals surface area contributed by atoms with E-state index < -0.39 is 0 Å². The number of aromatic hydroxyl groups is 2. The first-order chi connectivity index (χ1) is 31.6. The van der Waals surface area contributed by atoms with Gasteiger partial charge in [-0.15, -0.1) is 0 Å². The summed E-state index contributed by atoms with van der Waals surface area (Å²) in [6.45, 7) is 17.7. The number of phenols is 2. The van der Waals surface area contributed by atoms with E-state index in [0.717, 1.165) is 155 Å². The second-order valence-corrected chi connectivity index (χ2v) is 19.5. The molecule has 0 heterocycles. The molecule has 2 atom stereocenters. The number of para-hydroxylation sites is 2. The van der Waals surface area contributed by atoms with Gasteiger partial charge in [-0.05, 0) is 223 Å². The maximum atomic E-state index is 12.3. The number of rotatable bonds is 10. The van der Waals surface area contributed by atoms with Crippen LogP contribution in [-0.4, -0.2) is 22.4 Å². The van der Waals surface area contributed by atoms with Gasteiger partial charge in [0.15, 0.2) is 0 Å². The molecule has 4 aromatic carbocycles. The zero-order valence-corrected chi connectivity index (χ0v) is 39.8. The van der Waals surface area contributed by atoms with E-state index in [0.29, 0.717) is 17.9 Å². The van der Waals surface area contributed by atoms with Gasteiger partial charge >= 0.3 is 0 Å². The first kappa shape index (κ1) is 46.1. The Morgan fingerprint density at radius 3 is 1.31 bits per heavy atom. The summed E-state index contributed by atoms with van der Waals surface area (Å²) in [7, 11) is 0. The molecule has 4 aromatic rings. The lowest BCUT2D eigenvalue weighted by Gasteiger charge is -2.27. The molecule has 2 saturated carbocycles. The van der Waals surface area contributed by atoms with Crippen LogP contribution in [0.2, 0.25) is 0 Å². The summed E-state index contributed by atoms with van der Waals surface area (Å²) >= 11 is 0. The minimum Gasteiger partial charge on any atom is -0.507 e. The van der Waals surface area contributed by atoms with Crippen molar-refractivity contribution in [1.29, 1.82) is 0 Å². The van der Waals surface area contributed by atoms with Gasteiger partial charge in [0.2, 0.25) is 0 Å². The van der Waals surface area contributed by atoms with Crippen molar-refractivity contribution in [3.63, 3.8) is 0 Å². The summed E-state index contributed by atoms with van der Waals surface area (Å²) in [5.41, 5.74) is 17.5. The third kappa shape index (κ3) is 10.6. The normalized spacial score (nSPS) is 22.6. The fraction of sp³-hybridized carbons (Fsp3) is 0.410. The number of aryl methyl sites for hydroxylation is 2. The highest BCUT2D eigenvalue weighted by atomic mass is 16.5. The van der Waals surface area contributed by atoms with Gasteiger partial charge in [0.1, 0.15) is 23.0 Å². The lowest BCUT2D eigenvalue weighted by molar-refractivity contribution is 0.131. The van der Waals surface area contributed by atoms with E-state index >= 15 is 0 Å². The van der Waals surface area contributed by atoms with Crippen molar-refractivity contribution in [2.24, 2.45) is 0 Å². The van der Waals surface area contributed by atoms with Crippen molar-refractivity contribution in [2.75, 3.05) is 0 Å². The lowest BCUT2D eigenvalue weighted by atomic mass is 9.79. The minimum absolute atomic E-state index is 0.202. The number of allylic oxidation sites excluding steroid dienone is 10. The molecular formula is C61H72O4. The highest BCUT2D eigenvalue weighted by molar-refractivity contribution is 5.92. The van der Waals surface area contributed by atoms with Gasteiger partial charge in [-0.3, -0.25) is 0 Å². The molecule has 2 fully saturated rings. The second kappa shape index (κ2) is 21.2. The van der Waals surface area contributed by atoms with E-state index in [1.165, 1.54) is 60.8 Å². The highest BCUT2D eigenvalue weighted by Gasteiger charge is 2.27. The van der Waals surface area contributed by atoms with E-state index in [1.54, 1.807) is 0 Å². The Bertz CT molecular complexity index is 2360. The average molecular weight is 869 g/mol. The van der Waals surface area contributed by atoms with Crippen LogP contribution in [0, 0.1) is 13.8 Å². The molecule has 0 aromatic heterocycles. The lowest BCUT2D eigenvalue weighted by Crippen LogP contribution is -2.23. The molecule has 340 valence electrons. The first-order valence-electron chi connectivity index (χ1n) is 25.0. The van der Waals surface area contributed by atoms with Crippen LogP contribution in [0.25, 0.3) is 33.4 Å². The van der Waals surface area contributed by atoms with Crippen LogP contribution < -0.4 is 9.47 Å². The topological polar surface area (TPSA) is 58.9 Å². The van der Waals surface area contributed by atoms with Crippen LogP contribution in [0.3, 0.4) is 0 Å². The predicted octanol–water partition coefficient (Wildman–Crippen LogP) is 17.2. The SMILES string of the molecule is C=C1CCCCC/C=C2/CCCC/C2=C/1c1cc(C)cc(-c2ccccc2OC(C)C[C@@H](C)Oc2ccccc2-c2cc(C)cc(/C3=C4\CCCC\C4=C\CCCCCC3=C)c2O)c1O. The molecule has 0 bridgehead atoms. The van der Waals surface area contributed by atoms with Gasteiger partial charge in [-0.2, -0.15) is 0 Å². The quantitative estimate of drug-likeness (QED) is 0.167. The minimum atomic E-state index is -0.202. The number of benzene rings is 4. The van der Waals surface area contributed by atoms with Crippen LogP contribution in [0.4, 0.5) is 0 Å². The standard InChI is InChI=1S/C61H72O4/c1-40-35-52(60(62)54(37-40)58-42(3)23-11-7-9-13-25-46-27-15-17-29-48(46)58)50-31-19-21-33-56(50)64-44(5)39-45(6)65-57-34-22-20-32-51(57)53-36-41(2)38-55(61(53)63)59-43(4)24-12-8-10-14-26-47-28-16-18-30-49(47)59/h19-22,25-26,31-38,44-45,62-63H,3-4,7-18,23-24,27-30,39H2,1-2,5-6H3/b46-25-,47-26-,58-48+,59-49+/t44-,45?/m1/s1. The van der Waals surface area contributed by atoms with Crippen LogP contribution in [0.15, 0.2) is 132 Å². The Morgan fingerprint density at radius 1 is 0.477 bits per heavy atom. The van der Waals surface area contributed by atoms with E-state index in [2.05, 4.69) is 89.4 Å². The third-order valence-corrected chi connectivity index (χ3v) is 14.2. The number of fused-ring (bicyclic) bond motifs is 2. The van der Waals surface area contributed by atoms with Crippen LogP contribution in [0.1, 0.15) is 158 Å². The average Bonchev–Trinajstić information content (AvgIpc) is 3.29. The highest BCUT2D eigenvalue weighted by Crippen LogP contribution is 2.49. The summed E-state index contributed by atoms with van der Waals surface area (Å²) in [6, 6.07) is 24.7. The number of hydrogen-bond acceptors (Lipinski definition) is 4. The Kier molecular flexibility index (Phi) is 15.0. The Balaban J connectivity index is 1.06. The van der Waals surface area contributed by atoms with Crippen molar-refractivity contribution >= 4 is 11.1 Å². The first-order valence-corrected chi connectivity index (χ1v) is 25.0. The largest absolute Gasteiger partial charge is 0.507 e. The van der Waals surface area contributed by atoms with Gasteiger partial charge in [0.05, 0.1) is 12.2 Å². The third-order valence-electron chi connectivity index (χ3n) is 14.2. The number of ether oxygens (including phenoxy) is 2. The maximum Gasteiger partial charge on any atom is 0.131 e. The van der Waals surface area contributed by atoms with E-state index in [4.69, 9.17) is 9.47 Å². The van der Waals surface area contributed by atoms with Crippen LogP contribution in [0.5, 0.6) is 23.0 Å². The summed E-state index contributed by atoms with van der Waals surface area (Å²) in [5.74, 6) is 2.04. The van der Waals surface area contributed by atoms with E-state index in [1.807, 2.05) is 36.4 Å². The molecule has 1 unspecified atom stereocenters. The Morgan fingerprint density at radius 2 is 0.862 bits per heavy atom. The predicted molar refractivity (Wildman–Crippen MR) is 273 cm³/mol. The Hall–Kier alpha value is -5.48. The summed E-state index contributed by atoms with van der Waals surface area (Å²) in [5, 5.41) is 24.7.